The van der Waals surface area contributed by atoms with E-state index < -0.39 is 0 Å². The van der Waals surface area contributed by atoms with Crippen LogP contribution in [0.15, 0.2) is 34.4 Å². The van der Waals surface area contributed by atoms with Crippen molar-refractivity contribution in [1.82, 2.24) is 4.57 Å². The van der Waals surface area contributed by atoms with Crippen LogP contribution in [0.5, 0.6) is 0 Å². The fourth-order valence-electron chi connectivity index (χ4n) is 2.19. The zero-order chi connectivity index (χ0) is 17.1. The molecule has 3 aromatic heterocycles. The number of rotatable bonds is 3. The topological polar surface area (TPSA) is 69.6 Å². The summed E-state index contributed by atoms with van der Waals surface area (Å²) in [6, 6.07) is 11.6. The highest BCUT2D eigenvalue weighted by Gasteiger charge is 2.10. The van der Waals surface area contributed by atoms with Crippen molar-refractivity contribution < 1.29 is 0 Å². The summed E-state index contributed by atoms with van der Waals surface area (Å²) in [6.07, 6.45) is 1.82. The number of thiazole rings is 1. The zero-order valence-corrected chi connectivity index (χ0v) is 15.1. The number of thiophene rings is 2. The van der Waals surface area contributed by atoms with Crippen molar-refractivity contribution in [2.24, 2.45) is 0 Å². The highest BCUT2D eigenvalue weighted by molar-refractivity contribution is 7.13. The van der Waals surface area contributed by atoms with Gasteiger partial charge in [0.1, 0.15) is 16.8 Å². The molecule has 24 heavy (non-hydrogen) atoms. The van der Waals surface area contributed by atoms with Crippen LogP contribution in [0.25, 0.3) is 11.6 Å². The van der Waals surface area contributed by atoms with Gasteiger partial charge in [0.25, 0.3) is 5.56 Å². The van der Waals surface area contributed by atoms with Crippen LogP contribution in [0, 0.1) is 29.6 Å². The molecule has 3 rings (SSSR count). The van der Waals surface area contributed by atoms with Crippen molar-refractivity contribution in [2.45, 2.75) is 13.5 Å². The maximum absolute atomic E-state index is 12.8. The molecule has 0 aromatic carbocycles. The predicted molar refractivity (Wildman–Crippen MR) is 98.5 cm³/mol. The number of aryl methyl sites for hydroxylation is 1. The molecule has 3 heterocycles. The Bertz CT molecular complexity index is 1120. The summed E-state index contributed by atoms with van der Waals surface area (Å²) >= 11 is 4.33. The maximum atomic E-state index is 12.8. The molecule has 0 aliphatic carbocycles. The summed E-state index contributed by atoms with van der Waals surface area (Å²) in [7, 11) is 0. The van der Waals surface area contributed by atoms with Gasteiger partial charge in [-0.2, -0.15) is 10.5 Å². The number of nitriles is 2. The van der Waals surface area contributed by atoms with Crippen LogP contribution < -0.4 is 14.8 Å². The molecular formula is C17H11N3OS3. The summed E-state index contributed by atoms with van der Waals surface area (Å²) in [5, 5.41) is 20.3. The minimum absolute atomic E-state index is 0.0318. The van der Waals surface area contributed by atoms with E-state index in [0.717, 1.165) is 9.75 Å². The molecule has 0 N–H and O–H groups in total. The first-order valence-corrected chi connectivity index (χ1v) is 9.48. The summed E-state index contributed by atoms with van der Waals surface area (Å²) in [5.74, 6) is 0. The van der Waals surface area contributed by atoms with E-state index in [1.165, 1.54) is 20.8 Å². The Kier molecular flexibility index (Phi) is 4.77. The van der Waals surface area contributed by atoms with Gasteiger partial charge in [0, 0.05) is 14.6 Å². The molecule has 0 fully saturated rings. The Balaban J connectivity index is 2.26. The van der Waals surface area contributed by atoms with Crippen LogP contribution in [0.2, 0.25) is 0 Å². The van der Waals surface area contributed by atoms with Crippen LogP contribution >= 0.6 is 34.0 Å². The van der Waals surface area contributed by atoms with Gasteiger partial charge in [0.15, 0.2) is 5.57 Å². The summed E-state index contributed by atoms with van der Waals surface area (Å²) in [4.78, 5) is 15.9. The van der Waals surface area contributed by atoms with Crippen LogP contribution in [0.1, 0.15) is 14.6 Å². The molecule has 0 bridgehead atoms. The second kappa shape index (κ2) is 6.98. The van der Waals surface area contributed by atoms with Crippen molar-refractivity contribution in [3.63, 3.8) is 0 Å². The third-order valence-corrected chi connectivity index (χ3v) is 6.21. The number of hydrogen-bond donors (Lipinski definition) is 0. The molecule has 118 valence electrons. The Morgan fingerprint density at radius 2 is 2.04 bits per heavy atom. The quantitative estimate of drug-likeness (QED) is 0.712. The van der Waals surface area contributed by atoms with Gasteiger partial charge < -0.3 is 0 Å². The Morgan fingerprint density at radius 3 is 2.62 bits per heavy atom. The molecule has 0 aliphatic heterocycles. The van der Waals surface area contributed by atoms with Gasteiger partial charge >= 0.3 is 0 Å². The fraction of sp³-hybridized carbons (Fsp3) is 0.118. The number of nitrogens with zero attached hydrogens (tertiary/aromatic N) is 3. The van der Waals surface area contributed by atoms with E-state index in [1.807, 2.05) is 54.8 Å². The van der Waals surface area contributed by atoms with Crippen molar-refractivity contribution in [3.8, 4) is 12.1 Å². The predicted octanol–water partition coefficient (Wildman–Crippen LogP) is 2.42. The summed E-state index contributed by atoms with van der Waals surface area (Å²) in [5.41, 5.74) is -0.201. The lowest BCUT2D eigenvalue weighted by molar-refractivity contribution is 0.765. The number of hydrogen-bond acceptors (Lipinski definition) is 6. The molecule has 0 saturated heterocycles. The minimum Gasteiger partial charge on any atom is -0.292 e. The standard InChI is InChI=1S/C17H11N3OS3/c1-11-4-5-13(23-11)7-15-16(21)20(10-14-3-2-6-22-14)17(24-15)12(8-18)9-19/h2-7H,10H2,1H3/b15-7-. The third-order valence-electron chi connectivity index (χ3n) is 3.27. The molecule has 7 heteroatoms. The number of aromatic nitrogens is 1. The SMILES string of the molecule is Cc1ccc(/C=c2\sc(=C(C#N)C#N)n(Cc3cccs3)c2=O)s1. The zero-order valence-electron chi connectivity index (χ0n) is 12.6. The molecule has 0 saturated carbocycles. The van der Waals surface area contributed by atoms with Crippen molar-refractivity contribution >= 4 is 45.7 Å². The normalized spacial score (nSPS) is 11.2. The van der Waals surface area contributed by atoms with Crippen LogP contribution in [-0.2, 0) is 6.54 Å². The van der Waals surface area contributed by atoms with Gasteiger partial charge in [-0.3, -0.25) is 9.36 Å². The fourth-order valence-corrected chi connectivity index (χ4v) is 4.82. The van der Waals surface area contributed by atoms with Gasteiger partial charge in [-0.25, -0.2) is 0 Å². The van der Waals surface area contributed by atoms with E-state index in [2.05, 4.69) is 0 Å². The molecule has 0 amide bonds. The van der Waals surface area contributed by atoms with Crippen LogP contribution in [0.3, 0.4) is 0 Å². The van der Waals surface area contributed by atoms with E-state index in [0.29, 0.717) is 15.7 Å². The lowest BCUT2D eigenvalue weighted by Gasteiger charge is -1.98. The summed E-state index contributed by atoms with van der Waals surface area (Å²) < 4.78 is 2.47. The second-order valence-electron chi connectivity index (χ2n) is 4.93. The van der Waals surface area contributed by atoms with E-state index in [1.54, 1.807) is 22.7 Å². The van der Waals surface area contributed by atoms with Crippen LogP contribution in [0.4, 0.5) is 0 Å². The average molecular weight is 369 g/mol. The van der Waals surface area contributed by atoms with Crippen molar-refractivity contribution in [3.05, 3.63) is 63.8 Å². The summed E-state index contributed by atoms with van der Waals surface area (Å²) in [6.45, 7) is 2.38. The first kappa shape index (κ1) is 16.4. The Hall–Kier alpha value is -2.45. The van der Waals surface area contributed by atoms with E-state index in [-0.39, 0.29) is 11.1 Å². The first-order valence-electron chi connectivity index (χ1n) is 6.97. The van der Waals surface area contributed by atoms with Crippen molar-refractivity contribution in [2.75, 3.05) is 0 Å². The molecule has 4 nitrogen and oxygen atoms in total. The lowest BCUT2D eigenvalue weighted by Crippen LogP contribution is -2.32. The van der Waals surface area contributed by atoms with Gasteiger partial charge in [0.2, 0.25) is 0 Å². The molecule has 0 spiro atoms. The van der Waals surface area contributed by atoms with Crippen LogP contribution in [-0.4, -0.2) is 4.57 Å². The minimum atomic E-state index is -0.169. The van der Waals surface area contributed by atoms with Gasteiger partial charge in [-0.1, -0.05) is 6.07 Å². The van der Waals surface area contributed by atoms with E-state index in [9.17, 15) is 15.3 Å². The molecule has 3 aromatic rings. The van der Waals surface area contributed by atoms with E-state index in [4.69, 9.17) is 0 Å². The van der Waals surface area contributed by atoms with Crippen molar-refractivity contribution in [1.29, 1.82) is 10.5 Å². The molecule has 0 radical (unpaired) electrons. The van der Waals surface area contributed by atoms with Gasteiger partial charge in [0.05, 0.1) is 11.1 Å². The molecule has 0 atom stereocenters. The smallest absolute Gasteiger partial charge is 0.269 e. The molecule has 0 unspecified atom stereocenters. The Labute approximate surface area is 150 Å². The average Bonchev–Trinajstić information content (AvgIpc) is 3.28. The maximum Gasteiger partial charge on any atom is 0.269 e. The largest absolute Gasteiger partial charge is 0.292 e. The Morgan fingerprint density at radius 1 is 1.25 bits per heavy atom. The molecular weight excluding hydrogens is 358 g/mol. The highest BCUT2D eigenvalue weighted by atomic mass is 32.1. The highest BCUT2D eigenvalue weighted by Crippen LogP contribution is 2.15. The second-order valence-corrected chi connectivity index (χ2v) is 8.32. The molecule has 0 aliphatic rings. The monoisotopic (exact) mass is 369 g/mol. The van der Waals surface area contributed by atoms with E-state index >= 15 is 0 Å². The third kappa shape index (κ3) is 3.24. The first-order chi connectivity index (χ1) is 11.6. The lowest BCUT2D eigenvalue weighted by atomic mass is 10.3. The van der Waals surface area contributed by atoms with Gasteiger partial charge in [-0.15, -0.1) is 34.0 Å². The van der Waals surface area contributed by atoms with Gasteiger partial charge in [-0.05, 0) is 36.6 Å².